The topological polar surface area (TPSA) is 54.8 Å². The summed E-state index contributed by atoms with van der Waals surface area (Å²) in [5, 5.41) is 7.36. The lowest BCUT2D eigenvalue weighted by atomic mass is 10.4. The minimum absolute atomic E-state index is 0.492. The van der Waals surface area contributed by atoms with Gasteiger partial charge in [-0.05, 0) is 12.5 Å². The van der Waals surface area contributed by atoms with Gasteiger partial charge in [0.2, 0.25) is 0 Å². The van der Waals surface area contributed by atoms with Crippen molar-refractivity contribution in [3.63, 3.8) is 0 Å². The number of halogens is 2. The van der Waals surface area contributed by atoms with Gasteiger partial charge in [0.15, 0.2) is 0 Å². The second-order valence-electron chi connectivity index (χ2n) is 4.38. The molecule has 0 aromatic carbocycles. The van der Waals surface area contributed by atoms with Gasteiger partial charge in [-0.2, -0.15) is 0 Å². The van der Waals surface area contributed by atoms with Crippen LogP contribution in [0.15, 0.2) is 18.5 Å². The van der Waals surface area contributed by atoms with E-state index in [4.69, 9.17) is 23.2 Å². The first kappa shape index (κ1) is 14.9. The predicted octanol–water partition coefficient (Wildman–Crippen LogP) is 3.56. The van der Waals surface area contributed by atoms with E-state index in [1.807, 2.05) is 17.8 Å². The number of aromatic nitrogens is 3. The molecule has 0 fully saturated rings. The Balaban J connectivity index is 2.12. The Labute approximate surface area is 128 Å². The fourth-order valence-electron chi connectivity index (χ4n) is 1.69. The third-order valence-electron chi connectivity index (χ3n) is 2.81. The van der Waals surface area contributed by atoms with E-state index in [0.29, 0.717) is 28.2 Å². The van der Waals surface area contributed by atoms with E-state index in [9.17, 15) is 0 Å². The van der Waals surface area contributed by atoms with E-state index in [2.05, 4.69) is 27.5 Å². The highest BCUT2D eigenvalue weighted by molar-refractivity contribution is 6.37. The summed E-state index contributed by atoms with van der Waals surface area (Å²) in [5.41, 5.74) is 0. The molecule has 5 nitrogen and oxygen atoms in total. The van der Waals surface area contributed by atoms with Gasteiger partial charge in [-0.25, -0.2) is 9.97 Å². The SMILES string of the molecule is CCCNc1nc(NCc2nccn2C)c(Cl)cc1Cl. The molecule has 108 valence electrons. The van der Waals surface area contributed by atoms with Crippen LogP contribution in [0.5, 0.6) is 0 Å². The molecule has 2 rings (SSSR count). The van der Waals surface area contributed by atoms with Crippen LogP contribution in [0.2, 0.25) is 10.0 Å². The van der Waals surface area contributed by atoms with Crippen LogP contribution in [-0.2, 0) is 13.6 Å². The Morgan fingerprint density at radius 2 is 1.90 bits per heavy atom. The van der Waals surface area contributed by atoms with E-state index >= 15 is 0 Å². The zero-order valence-corrected chi connectivity index (χ0v) is 13.0. The van der Waals surface area contributed by atoms with Crippen LogP contribution in [0.4, 0.5) is 11.6 Å². The summed E-state index contributed by atoms with van der Waals surface area (Å²) in [7, 11) is 1.94. The van der Waals surface area contributed by atoms with Gasteiger partial charge in [-0.15, -0.1) is 0 Å². The number of rotatable bonds is 6. The van der Waals surface area contributed by atoms with E-state index in [1.54, 1.807) is 12.3 Å². The van der Waals surface area contributed by atoms with Crippen LogP contribution in [0.25, 0.3) is 0 Å². The molecule has 7 heteroatoms. The highest BCUT2D eigenvalue weighted by Gasteiger charge is 2.09. The van der Waals surface area contributed by atoms with E-state index in [0.717, 1.165) is 18.8 Å². The molecular formula is C13H17Cl2N5. The Hall–Kier alpha value is -1.46. The van der Waals surface area contributed by atoms with Gasteiger partial charge < -0.3 is 15.2 Å². The maximum Gasteiger partial charge on any atom is 0.147 e. The van der Waals surface area contributed by atoms with Crippen molar-refractivity contribution in [2.24, 2.45) is 7.05 Å². The number of imidazole rings is 1. The minimum atomic E-state index is 0.492. The average Bonchev–Trinajstić information content (AvgIpc) is 2.82. The van der Waals surface area contributed by atoms with Crippen molar-refractivity contribution >= 4 is 34.8 Å². The molecule has 2 aromatic heterocycles. The van der Waals surface area contributed by atoms with Crippen molar-refractivity contribution in [3.05, 3.63) is 34.3 Å². The normalized spacial score (nSPS) is 10.6. The monoisotopic (exact) mass is 313 g/mol. The number of pyridine rings is 1. The van der Waals surface area contributed by atoms with Crippen LogP contribution in [0.3, 0.4) is 0 Å². The van der Waals surface area contributed by atoms with E-state index in [-0.39, 0.29) is 0 Å². The zero-order chi connectivity index (χ0) is 14.5. The highest BCUT2D eigenvalue weighted by atomic mass is 35.5. The van der Waals surface area contributed by atoms with Crippen molar-refractivity contribution in [1.82, 2.24) is 14.5 Å². The van der Waals surface area contributed by atoms with Crippen LogP contribution in [0, 0.1) is 0 Å². The highest BCUT2D eigenvalue weighted by Crippen LogP contribution is 2.29. The molecule has 2 N–H and O–H groups in total. The number of nitrogens with one attached hydrogen (secondary N) is 2. The smallest absolute Gasteiger partial charge is 0.147 e. The first-order valence-electron chi connectivity index (χ1n) is 6.41. The van der Waals surface area contributed by atoms with Crippen LogP contribution in [-0.4, -0.2) is 21.1 Å². The minimum Gasteiger partial charge on any atom is -0.369 e. The third kappa shape index (κ3) is 3.55. The summed E-state index contributed by atoms with van der Waals surface area (Å²) in [5.74, 6) is 2.14. The van der Waals surface area contributed by atoms with Crippen molar-refractivity contribution in [2.75, 3.05) is 17.2 Å². The van der Waals surface area contributed by atoms with Crippen LogP contribution in [0.1, 0.15) is 19.2 Å². The number of aryl methyl sites for hydroxylation is 1. The van der Waals surface area contributed by atoms with Crippen molar-refractivity contribution in [2.45, 2.75) is 19.9 Å². The first-order valence-corrected chi connectivity index (χ1v) is 7.17. The lowest BCUT2D eigenvalue weighted by molar-refractivity contribution is 0.811. The van der Waals surface area contributed by atoms with Gasteiger partial charge in [0.25, 0.3) is 0 Å². The summed E-state index contributed by atoms with van der Waals surface area (Å²) in [6.07, 6.45) is 4.64. The molecule has 0 bridgehead atoms. The second kappa shape index (κ2) is 6.81. The van der Waals surface area contributed by atoms with Gasteiger partial charge in [-0.1, -0.05) is 30.1 Å². The summed E-state index contributed by atoms with van der Waals surface area (Å²) >= 11 is 12.3. The molecule has 0 saturated carbocycles. The Morgan fingerprint density at radius 3 is 2.50 bits per heavy atom. The Morgan fingerprint density at radius 1 is 1.20 bits per heavy atom. The molecule has 0 aliphatic heterocycles. The van der Waals surface area contributed by atoms with Crippen LogP contribution < -0.4 is 10.6 Å². The Bertz CT molecular complexity index is 582. The van der Waals surface area contributed by atoms with Crippen molar-refractivity contribution in [3.8, 4) is 0 Å². The van der Waals surface area contributed by atoms with Crippen molar-refractivity contribution < 1.29 is 0 Å². The van der Waals surface area contributed by atoms with Gasteiger partial charge in [0, 0.05) is 26.0 Å². The second-order valence-corrected chi connectivity index (χ2v) is 5.20. The summed E-state index contributed by atoms with van der Waals surface area (Å²) in [6, 6.07) is 1.69. The first-order chi connectivity index (χ1) is 9.61. The number of hydrogen-bond acceptors (Lipinski definition) is 4. The molecule has 0 aliphatic carbocycles. The summed E-state index contributed by atoms with van der Waals surface area (Å²) < 4.78 is 1.94. The maximum absolute atomic E-state index is 6.15. The van der Waals surface area contributed by atoms with Gasteiger partial charge in [0.1, 0.15) is 17.5 Å². The molecule has 2 aromatic rings. The van der Waals surface area contributed by atoms with Gasteiger partial charge in [0.05, 0.1) is 16.6 Å². The molecule has 0 amide bonds. The Kier molecular flexibility index (Phi) is 5.09. The number of anilines is 2. The zero-order valence-electron chi connectivity index (χ0n) is 11.5. The maximum atomic E-state index is 6.15. The van der Waals surface area contributed by atoms with Crippen molar-refractivity contribution in [1.29, 1.82) is 0 Å². The van der Waals surface area contributed by atoms with Gasteiger partial charge in [-0.3, -0.25) is 0 Å². The molecule has 0 saturated heterocycles. The molecular weight excluding hydrogens is 297 g/mol. The van der Waals surface area contributed by atoms with E-state index in [1.165, 1.54) is 0 Å². The standard InChI is InChI=1S/C13H17Cl2N5/c1-3-4-17-12-9(14)7-10(15)13(19-12)18-8-11-16-5-6-20(11)2/h5-7H,3-4,8H2,1-2H3,(H2,17,18,19). The largest absolute Gasteiger partial charge is 0.369 e. The fraction of sp³-hybridized carbons (Fsp3) is 0.385. The number of nitrogens with zero attached hydrogens (tertiary/aromatic N) is 3. The molecule has 2 heterocycles. The summed E-state index contributed by atoms with van der Waals surface area (Å²) in [6.45, 7) is 3.44. The average molecular weight is 314 g/mol. The third-order valence-corrected chi connectivity index (χ3v) is 3.38. The van der Waals surface area contributed by atoms with E-state index < -0.39 is 0 Å². The molecule has 0 spiro atoms. The van der Waals surface area contributed by atoms with Gasteiger partial charge >= 0.3 is 0 Å². The summed E-state index contributed by atoms with van der Waals surface area (Å²) in [4.78, 5) is 8.65. The molecule has 0 atom stereocenters. The fourth-order valence-corrected chi connectivity index (χ4v) is 2.18. The quantitative estimate of drug-likeness (QED) is 0.856. The molecule has 0 unspecified atom stereocenters. The van der Waals surface area contributed by atoms with Crippen LogP contribution >= 0.6 is 23.2 Å². The lowest BCUT2D eigenvalue weighted by Crippen LogP contribution is -2.09. The number of hydrogen-bond donors (Lipinski definition) is 2. The molecule has 0 radical (unpaired) electrons. The molecule has 0 aliphatic rings. The predicted molar refractivity (Wildman–Crippen MR) is 83.6 cm³/mol. The lowest BCUT2D eigenvalue weighted by Gasteiger charge is -2.12. The molecule has 20 heavy (non-hydrogen) atoms.